The van der Waals surface area contributed by atoms with Gasteiger partial charge in [-0.3, -0.25) is 10.1 Å². The van der Waals surface area contributed by atoms with Crippen LogP contribution in [0.2, 0.25) is 0 Å². The number of thiophene rings is 1. The minimum atomic E-state index is -0.403. The van der Waals surface area contributed by atoms with Gasteiger partial charge in [-0.2, -0.15) is 0 Å². The number of benzene rings is 1. The molecule has 0 atom stereocenters. The van der Waals surface area contributed by atoms with Crippen molar-refractivity contribution in [1.29, 1.82) is 0 Å². The van der Waals surface area contributed by atoms with Crippen LogP contribution in [0.15, 0.2) is 36.0 Å². The Kier molecular flexibility index (Phi) is 3.49. The maximum Gasteiger partial charge on any atom is 0.269 e. The van der Waals surface area contributed by atoms with Crippen LogP contribution in [0.3, 0.4) is 0 Å². The molecule has 0 aliphatic carbocycles. The van der Waals surface area contributed by atoms with Gasteiger partial charge in [0.05, 0.1) is 15.1 Å². The molecule has 1 aromatic carbocycles. The lowest BCUT2D eigenvalue weighted by Crippen LogP contribution is -2.02. The van der Waals surface area contributed by atoms with Gasteiger partial charge >= 0.3 is 0 Å². The highest BCUT2D eigenvalue weighted by atomic mass is 32.1. The third-order valence-electron chi connectivity index (χ3n) is 3.14. The van der Waals surface area contributed by atoms with Crippen molar-refractivity contribution in [2.45, 2.75) is 13.5 Å². The van der Waals surface area contributed by atoms with E-state index in [0.29, 0.717) is 6.54 Å². The molecule has 21 heavy (non-hydrogen) atoms. The molecule has 7 heteroatoms. The van der Waals surface area contributed by atoms with Crippen LogP contribution in [0.4, 0.5) is 11.5 Å². The topological polar surface area (TPSA) is 81.0 Å². The first-order valence-electron chi connectivity index (χ1n) is 6.31. The van der Waals surface area contributed by atoms with Crippen molar-refractivity contribution in [2.75, 3.05) is 5.32 Å². The highest BCUT2D eigenvalue weighted by Gasteiger charge is 2.08. The molecule has 0 saturated carbocycles. The minimum absolute atomic E-state index is 0.0945. The first-order valence-corrected chi connectivity index (χ1v) is 7.19. The Morgan fingerprint density at radius 2 is 2.05 bits per heavy atom. The van der Waals surface area contributed by atoms with E-state index in [9.17, 15) is 10.1 Å². The van der Waals surface area contributed by atoms with E-state index >= 15 is 0 Å². The number of anilines is 1. The summed E-state index contributed by atoms with van der Waals surface area (Å²) in [6.45, 7) is 2.58. The number of aryl methyl sites for hydroxylation is 1. The van der Waals surface area contributed by atoms with Gasteiger partial charge in [-0.15, -0.1) is 11.3 Å². The first-order chi connectivity index (χ1) is 10.1. The van der Waals surface area contributed by atoms with E-state index in [4.69, 9.17) is 0 Å². The monoisotopic (exact) mass is 300 g/mol. The molecule has 0 aliphatic heterocycles. The van der Waals surface area contributed by atoms with Gasteiger partial charge in [-0.25, -0.2) is 9.97 Å². The molecule has 0 amide bonds. The van der Waals surface area contributed by atoms with Gasteiger partial charge in [0.2, 0.25) is 0 Å². The number of nitrogens with zero attached hydrogens (tertiary/aromatic N) is 3. The number of aromatic nitrogens is 2. The molecule has 0 fully saturated rings. The van der Waals surface area contributed by atoms with E-state index in [1.54, 1.807) is 29.8 Å². The third-order valence-corrected chi connectivity index (χ3v) is 4.23. The number of nitro groups is 1. The van der Waals surface area contributed by atoms with Gasteiger partial charge in [0, 0.05) is 18.7 Å². The molecule has 3 rings (SSSR count). The van der Waals surface area contributed by atoms with Crippen LogP contribution >= 0.6 is 11.3 Å². The zero-order valence-corrected chi connectivity index (χ0v) is 12.1. The van der Waals surface area contributed by atoms with Gasteiger partial charge in [-0.1, -0.05) is 12.1 Å². The van der Waals surface area contributed by atoms with Crippen molar-refractivity contribution in [1.82, 2.24) is 9.97 Å². The van der Waals surface area contributed by atoms with E-state index < -0.39 is 4.92 Å². The molecule has 0 saturated heterocycles. The van der Waals surface area contributed by atoms with Crippen LogP contribution in [-0.2, 0) is 6.54 Å². The Hall–Kier alpha value is -2.54. The van der Waals surface area contributed by atoms with Crippen LogP contribution in [0.5, 0.6) is 0 Å². The molecule has 0 spiro atoms. The lowest BCUT2D eigenvalue weighted by Gasteiger charge is -2.06. The van der Waals surface area contributed by atoms with Crippen molar-refractivity contribution >= 4 is 33.1 Å². The summed E-state index contributed by atoms with van der Waals surface area (Å²) in [5.74, 6) is 0.788. The molecule has 6 nitrogen and oxygen atoms in total. The zero-order chi connectivity index (χ0) is 14.8. The Balaban J connectivity index is 1.78. The maximum atomic E-state index is 10.6. The third kappa shape index (κ3) is 2.68. The number of fused-ring (bicyclic) bond motifs is 1. The Bertz CT molecular complexity index is 798. The van der Waals surface area contributed by atoms with Crippen molar-refractivity contribution in [3.8, 4) is 0 Å². The quantitative estimate of drug-likeness (QED) is 0.589. The van der Waals surface area contributed by atoms with Crippen LogP contribution < -0.4 is 5.32 Å². The highest BCUT2D eigenvalue weighted by molar-refractivity contribution is 7.18. The minimum Gasteiger partial charge on any atom is -0.365 e. The number of hydrogen-bond donors (Lipinski definition) is 1. The number of hydrogen-bond acceptors (Lipinski definition) is 6. The predicted molar refractivity (Wildman–Crippen MR) is 82.6 cm³/mol. The molecule has 3 aromatic rings. The van der Waals surface area contributed by atoms with Gasteiger partial charge < -0.3 is 5.32 Å². The fourth-order valence-electron chi connectivity index (χ4n) is 2.02. The van der Waals surface area contributed by atoms with E-state index in [0.717, 1.165) is 27.2 Å². The van der Waals surface area contributed by atoms with E-state index in [1.165, 1.54) is 12.1 Å². The lowest BCUT2D eigenvalue weighted by molar-refractivity contribution is -0.384. The zero-order valence-electron chi connectivity index (χ0n) is 11.2. The molecule has 0 bridgehead atoms. The number of non-ortho nitro benzene ring substituents is 1. The van der Waals surface area contributed by atoms with Crippen molar-refractivity contribution < 1.29 is 4.92 Å². The average Bonchev–Trinajstić information content (AvgIpc) is 2.88. The second kappa shape index (κ2) is 5.45. The molecule has 0 unspecified atom stereocenters. The summed E-state index contributed by atoms with van der Waals surface area (Å²) in [6.07, 6.45) is 1.54. The summed E-state index contributed by atoms with van der Waals surface area (Å²) in [4.78, 5) is 18.7. The second-order valence-corrected chi connectivity index (χ2v) is 5.48. The standard InChI is InChI=1S/C14H12N4O2S/c1-9-7-21-13-12(9)16-8-17-14(13)15-6-10-2-4-11(5-3-10)18(19)20/h2-5,7-8H,6H2,1H3,(H,15,16,17). The largest absolute Gasteiger partial charge is 0.365 e. The molecule has 2 aromatic heterocycles. The molecule has 0 radical (unpaired) electrons. The van der Waals surface area contributed by atoms with Gasteiger partial charge in [0.25, 0.3) is 5.69 Å². The van der Waals surface area contributed by atoms with E-state index in [-0.39, 0.29) is 5.69 Å². The summed E-state index contributed by atoms with van der Waals surface area (Å²) in [7, 11) is 0. The lowest BCUT2D eigenvalue weighted by atomic mass is 10.2. The Labute approximate surface area is 124 Å². The van der Waals surface area contributed by atoms with E-state index in [2.05, 4.69) is 20.7 Å². The summed E-state index contributed by atoms with van der Waals surface area (Å²) >= 11 is 1.61. The predicted octanol–water partition coefficient (Wildman–Crippen LogP) is 3.52. The normalized spacial score (nSPS) is 10.7. The highest BCUT2D eigenvalue weighted by Crippen LogP contribution is 2.28. The van der Waals surface area contributed by atoms with Crippen LogP contribution in [0, 0.1) is 17.0 Å². The number of rotatable bonds is 4. The molecule has 1 N–H and O–H groups in total. The Morgan fingerprint density at radius 1 is 1.29 bits per heavy atom. The molecule has 106 valence electrons. The van der Waals surface area contributed by atoms with E-state index in [1.807, 2.05) is 6.92 Å². The molecule has 2 heterocycles. The van der Waals surface area contributed by atoms with Crippen LogP contribution in [0.1, 0.15) is 11.1 Å². The fourth-order valence-corrected chi connectivity index (χ4v) is 2.98. The summed E-state index contributed by atoms with van der Waals surface area (Å²) in [6, 6.07) is 6.48. The molecular weight excluding hydrogens is 288 g/mol. The van der Waals surface area contributed by atoms with Crippen LogP contribution in [-0.4, -0.2) is 14.9 Å². The summed E-state index contributed by atoms with van der Waals surface area (Å²) in [5.41, 5.74) is 3.15. The SMILES string of the molecule is Cc1csc2c(NCc3ccc([N+](=O)[O-])cc3)ncnc12. The smallest absolute Gasteiger partial charge is 0.269 e. The average molecular weight is 300 g/mol. The van der Waals surface area contributed by atoms with Crippen molar-refractivity contribution in [3.63, 3.8) is 0 Å². The summed E-state index contributed by atoms with van der Waals surface area (Å²) in [5, 5.41) is 15.9. The fraction of sp³-hybridized carbons (Fsp3) is 0.143. The molecule has 0 aliphatic rings. The van der Waals surface area contributed by atoms with Crippen LogP contribution in [0.25, 0.3) is 10.2 Å². The van der Waals surface area contributed by atoms with Gasteiger partial charge in [0.15, 0.2) is 0 Å². The number of nitrogens with one attached hydrogen (secondary N) is 1. The van der Waals surface area contributed by atoms with Crippen molar-refractivity contribution in [3.05, 3.63) is 57.2 Å². The van der Waals surface area contributed by atoms with Gasteiger partial charge in [-0.05, 0) is 23.4 Å². The number of nitro benzene ring substituents is 1. The second-order valence-electron chi connectivity index (χ2n) is 4.60. The maximum absolute atomic E-state index is 10.6. The summed E-state index contributed by atoms with van der Waals surface area (Å²) < 4.78 is 1.02. The Morgan fingerprint density at radius 3 is 2.76 bits per heavy atom. The molecular formula is C14H12N4O2S. The van der Waals surface area contributed by atoms with Crippen molar-refractivity contribution in [2.24, 2.45) is 0 Å². The first kappa shape index (κ1) is 13.4. The van der Waals surface area contributed by atoms with Gasteiger partial charge in [0.1, 0.15) is 12.1 Å².